The molecular weight excluding hydrogens is 468 g/mol. The van der Waals surface area contributed by atoms with Gasteiger partial charge in [-0.25, -0.2) is 0 Å². The van der Waals surface area contributed by atoms with E-state index in [-0.39, 0.29) is 39.3 Å². The highest BCUT2D eigenvalue weighted by Crippen LogP contribution is 2.35. The first-order chi connectivity index (χ1) is 16.6. The predicted molar refractivity (Wildman–Crippen MR) is 117 cm³/mol. The number of aromatic hydroxyl groups is 3. The fraction of sp³-hybridized carbons (Fsp3) is 0.304. The second-order valence-corrected chi connectivity index (χ2v) is 7.93. The summed E-state index contributed by atoms with van der Waals surface area (Å²) in [5.74, 6) is -1.89. The van der Waals surface area contributed by atoms with Crippen LogP contribution in [0.15, 0.2) is 45.8 Å². The molecule has 0 radical (unpaired) electrons. The van der Waals surface area contributed by atoms with Gasteiger partial charge in [-0.2, -0.15) is 0 Å². The molecule has 35 heavy (non-hydrogen) atoms. The van der Waals surface area contributed by atoms with E-state index in [0.29, 0.717) is 0 Å². The molecule has 0 saturated carbocycles. The molecule has 5 atom stereocenters. The topological polar surface area (TPSA) is 196 Å². The molecule has 186 valence electrons. The lowest BCUT2D eigenvalue weighted by Gasteiger charge is -2.39. The average Bonchev–Trinajstić information content (AvgIpc) is 2.79. The van der Waals surface area contributed by atoms with Crippen LogP contribution in [-0.2, 0) is 14.3 Å². The molecule has 2 aromatic carbocycles. The second-order valence-electron chi connectivity index (χ2n) is 7.93. The van der Waals surface area contributed by atoms with Gasteiger partial charge < -0.3 is 49.3 Å². The first-order valence-corrected chi connectivity index (χ1v) is 10.4. The molecule has 0 amide bonds. The van der Waals surface area contributed by atoms with Crippen molar-refractivity contribution in [1.29, 1.82) is 0 Å². The van der Waals surface area contributed by atoms with Gasteiger partial charge in [0.15, 0.2) is 0 Å². The third-order valence-corrected chi connectivity index (χ3v) is 5.47. The van der Waals surface area contributed by atoms with Crippen LogP contribution in [0.3, 0.4) is 0 Å². The molecule has 12 heteroatoms. The van der Waals surface area contributed by atoms with Crippen LogP contribution in [0.1, 0.15) is 6.92 Å². The van der Waals surface area contributed by atoms with Crippen LogP contribution in [0.5, 0.6) is 23.0 Å². The Balaban J connectivity index is 1.64. The molecule has 1 fully saturated rings. The maximum absolute atomic E-state index is 13.0. The van der Waals surface area contributed by atoms with Crippen molar-refractivity contribution in [2.45, 2.75) is 37.6 Å². The summed E-state index contributed by atoms with van der Waals surface area (Å²) in [6.45, 7) is 0.736. The van der Waals surface area contributed by atoms with Gasteiger partial charge in [0.1, 0.15) is 71.3 Å². The molecule has 12 nitrogen and oxygen atoms in total. The minimum absolute atomic E-state index is 0.0725. The first-order valence-electron chi connectivity index (χ1n) is 10.4. The van der Waals surface area contributed by atoms with Gasteiger partial charge in [0.25, 0.3) is 0 Å². The minimum atomic E-state index is -1.71. The van der Waals surface area contributed by atoms with Gasteiger partial charge >= 0.3 is 5.97 Å². The average molecular weight is 490 g/mol. The van der Waals surface area contributed by atoms with Crippen LogP contribution >= 0.6 is 0 Å². The number of aliphatic hydroxyl groups is 3. The summed E-state index contributed by atoms with van der Waals surface area (Å²) in [4.78, 5) is 24.0. The van der Waals surface area contributed by atoms with E-state index in [1.165, 1.54) is 18.2 Å². The van der Waals surface area contributed by atoms with Crippen molar-refractivity contribution < 1.29 is 54.1 Å². The van der Waals surface area contributed by atoms with Crippen LogP contribution in [0.2, 0.25) is 0 Å². The van der Waals surface area contributed by atoms with E-state index >= 15 is 0 Å². The number of aliphatic hydroxyl groups excluding tert-OH is 3. The summed E-state index contributed by atoms with van der Waals surface area (Å²) in [5.41, 5.74) is -0.779. The Kier molecular flexibility index (Phi) is 6.54. The lowest BCUT2D eigenvalue weighted by atomic mass is 9.99. The molecular formula is C23H22O12. The number of fused-ring (bicyclic) bond motifs is 1. The number of benzene rings is 2. The molecule has 0 bridgehead atoms. The minimum Gasteiger partial charge on any atom is -0.508 e. The van der Waals surface area contributed by atoms with Crippen molar-refractivity contribution in [3.05, 3.63) is 46.8 Å². The van der Waals surface area contributed by atoms with E-state index < -0.39 is 54.5 Å². The zero-order valence-corrected chi connectivity index (χ0v) is 18.2. The zero-order valence-electron chi connectivity index (χ0n) is 18.2. The Morgan fingerprint density at radius 2 is 1.71 bits per heavy atom. The molecule has 3 aromatic rings. The van der Waals surface area contributed by atoms with Crippen LogP contribution in [-0.4, -0.2) is 73.9 Å². The van der Waals surface area contributed by atoms with Crippen molar-refractivity contribution >= 4 is 16.9 Å². The summed E-state index contributed by atoms with van der Waals surface area (Å²) < 4.78 is 21.2. The quantitative estimate of drug-likeness (QED) is 0.268. The molecule has 4 rings (SSSR count). The molecule has 1 saturated heterocycles. The highest BCUT2D eigenvalue weighted by atomic mass is 16.7. The lowest BCUT2D eigenvalue weighted by Crippen LogP contribution is -2.60. The third-order valence-electron chi connectivity index (χ3n) is 5.47. The molecule has 1 aliphatic rings. The van der Waals surface area contributed by atoms with Gasteiger partial charge in [-0.3, -0.25) is 9.59 Å². The van der Waals surface area contributed by atoms with Crippen LogP contribution in [0.25, 0.3) is 22.1 Å². The summed E-state index contributed by atoms with van der Waals surface area (Å²) >= 11 is 0. The molecule has 1 aromatic heterocycles. The van der Waals surface area contributed by atoms with Gasteiger partial charge in [0.2, 0.25) is 11.7 Å². The summed E-state index contributed by atoms with van der Waals surface area (Å²) in [5, 5.41) is 60.3. The van der Waals surface area contributed by atoms with Gasteiger partial charge in [-0.15, -0.1) is 0 Å². The molecule has 0 unspecified atom stereocenters. The van der Waals surface area contributed by atoms with Crippen molar-refractivity contribution in [2.75, 3.05) is 6.61 Å². The van der Waals surface area contributed by atoms with Crippen molar-refractivity contribution in [3.63, 3.8) is 0 Å². The van der Waals surface area contributed by atoms with Crippen LogP contribution in [0, 0.1) is 0 Å². The van der Waals surface area contributed by atoms with E-state index in [0.717, 1.165) is 25.3 Å². The molecule has 6 N–H and O–H groups in total. The number of carbonyl (C=O) groups excluding carboxylic acids is 1. The SMILES string of the molecule is CC(=O)OC[C@H]1O[C@@H](Oc2cc(O)c3c(=O)c(-c4ccc(O)cc4O)coc3c2)[C@H](O)[C@@H](O)[C@@H]1O. The molecule has 1 aliphatic heterocycles. The Labute approximate surface area is 196 Å². The molecule has 2 heterocycles. The maximum atomic E-state index is 13.0. The Bertz CT molecular complexity index is 1320. The first kappa shape index (κ1) is 24.3. The number of esters is 1. The number of hydrogen-bond acceptors (Lipinski definition) is 12. The van der Waals surface area contributed by atoms with Crippen molar-refractivity contribution in [3.8, 4) is 34.1 Å². The number of carbonyl (C=O) groups is 1. The fourth-order valence-electron chi connectivity index (χ4n) is 3.69. The smallest absolute Gasteiger partial charge is 0.302 e. The maximum Gasteiger partial charge on any atom is 0.302 e. The summed E-state index contributed by atoms with van der Waals surface area (Å²) in [7, 11) is 0. The summed E-state index contributed by atoms with van der Waals surface area (Å²) in [6, 6.07) is 5.90. The second kappa shape index (κ2) is 9.43. The lowest BCUT2D eigenvalue weighted by molar-refractivity contribution is -0.278. The molecule has 0 aliphatic carbocycles. The highest BCUT2D eigenvalue weighted by molar-refractivity contribution is 5.88. The number of ether oxygens (including phenoxy) is 3. The van der Waals surface area contributed by atoms with E-state index in [9.17, 15) is 40.2 Å². The zero-order chi connectivity index (χ0) is 25.4. The fourth-order valence-corrected chi connectivity index (χ4v) is 3.69. The number of phenolic OH excluding ortho intramolecular Hbond substituents is 3. The summed E-state index contributed by atoms with van der Waals surface area (Å²) in [6.07, 6.45) is -6.66. The number of rotatable bonds is 5. The highest BCUT2D eigenvalue weighted by Gasteiger charge is 2.45. The van der Waals surface area contributed by atoms with Crippen molar-refractivity contribution in [1.82, 2.24) is 0 Å². The van der Waals surface area contributed by atoms with Gasteiger partial charge in [0.05, 0.1) is 5.56 Å². The molecule has 0 spiro atoms. The van der Waals surface area contributed by atoms with E-state index in [1.54, 1.807) is 0 Å². The Hall–Kier alpha value is -3.84. The normalized spacial score (nSPS) is 24.3. The standard InChI is InChI=1S/C23H22O12/c1-9(24)32-8-17-20(29)21(30)22(31)23(35-17)34-11-5-15(27)18-16(6-11)33-7-13(19(18)28)12-3-2-10(25)4-14(12)26/h2-7,17,20-23,25-27,29-31H,8H2,1H3/t17-,20-,21+,22-,23-/m1/s1. The van der Waals surface area contributed by atoms with E-state index in [2.05, 4.69) is 0 Å². The monoisotopic (exact) mass is 490 g/mol. The van der Waals surface area contributed by atoms with Gasteiger partial charge in [-0.1, -0.05) is 0 Å². The predicted octanol–water partition coefficient (Wildman–Crippen LogP) is 0.326. The Morgan fingerprint density at radius 1 is 0.971 bits per heavy atom. The van der Waals surface area contributed by atoms with Crippen LogP contribution < -0.4 is 10.2 Å². The van der Waals surface area contributed by atoms with Crippen LogP contribution in [0.4, 0.5) is 0 Å². The van der Waals surface area contributed by atoms with Gasteiger partial charge in [0, 0.05) is 30.7 Å². The Morgan fingerprint density at radius 3 is 2.40 bits per heavy atom. The van der Waals surface area contributed by atoms with E-state index in [4.69, 9.17) is 18.6 Å². The van der Waals surface area contributed by atoms with E-state index in [1.807, 2.05) is 0 Å². The number of phenols is 3. The van der Waals surface area contributed by atoms with Crippen molar-refractivity contribution in [2.24, 2.45) is 0 Å². The number of hydrogen-bond donors (Lipinski definition) is 6. The third kappa shape index (κ3) is 4.72. The van der Waals surface area contributed by atoms with Gasteiger partial charge in [-0.05, 0) is 12.1 Å². The largest absolute Gasteiger partial charge is 0.508 e.